The Kier molecular flexibility index (Phi) is 5.34. The van der Waals surface area contributed by atoms with Crippen LogP contribution in [0.25, 0.3) is 0 Å². The number of hydrogen-bond donors (Lipinski definition) is 1. The second-order valence-electron chi connectivity index (χ2n) is 6.23. The fourth-order valence-corrected chi connectivity index (χ4v) is 3.33. The molecule has 1 aliphatic rings. The topological polar surface area (TPSA) is 15.3 Å². The predicted octanol–water partition coefficient (Wildman–Crippen LogP) is 4.49. The maximum Gasteiger partial charge on any atom is 0.0642 e. The first-order valence-electron chi connectivity index (χ1n) is 7.80. The minimum Gasteiger partial charge on any atom is -0.370 e. The summed E-state index contributed by atoms with van der Waals surface area (Å²) < 4.78 is 0. The van der Waals surface area contributed by atoms with Gasteiger partial charge in [0, 0.05) is 19.1 Å². The van der Waals surface area contributed by atoms with Gasteiger partial charge in [-0.05, 0) is 49.4 Å². The Morgan fingerprint density at radius 1 is 1.35 bits per heavy atom. The van der Waals surface area contributed by atoms with Gasteiger partial charge in [-0.15, -0.1) is 0 Å². The van der Waals surface area contributed by atoms with E-state index >= 15 is 0 Å². The second-order valence-corrected chi connectivity index (χ2v) is 6.64. The maximum atomic E-state index is 6.51. The van der Waals surface area contributed by atoms with Crippen molar-refractivity contribution in [2.24, 2.45) is 11.8 Å². The summed E-state index contributed by atoms with van der Waals surface area (Å²) in [4.78, 5) is 2.44. The summed E-state index contributed by atoms with van der Waals surface area (Å²) in [7, 11) is 0. The van der Waals surface area contributed by atoms with E-state index < -0.39 is 0 Å². The summed E-state index contributed by atoms with van der Waals surface area (Å²) >= 11 is 6.51. The molecule has 2 unspecified atom stereocenters. The molecule has 0 aliphatic carbocycles. The molecule has 112 valence electrons. The molecular weight excluding hydrogens is 268 g/mol. The maximum absolute atomic E-state index is 6.51. The van der Waals surface area contributed by atoms with Crippen molar-refractivity contribution in [1.82, 2.24) is 5.32 Å². The molecule has 2 nitrogen and oxygen atoms in total. The highest BCUT2D eigenvalue weighted by Gasteiger charge is 2.26. The third-order valence-electron chi connectivity index (χ3n) is 4.49. The van der Waals surface area contributed by atoms with Crippen LogP contribution in [0, 0.1) is 11.8 Å². The fraction of sp³-hybridized carbons (Fsp3) is 0.647. The van der Waals surface area contributed by atoms with Crippen LogP contribution in [-0.2, 0) is 0 Å². The van der Waals surface area contributed by atoms with Gasteiger partial charge in [-0.3, -0.25) is 0 Å². The molecule has 0 radical (unpaired) electrons. The van der Waals surface area contributed by atoms with Crippen molar-refractivity contribution < 1.29 is 0 Å². The summed E-state index contributed by atoms with van der Waals surface area (Å²) in [5.74, 6) is 1.55. The molecule has 2 rings (SSSR count). The second kappa shape index (κ2) is 6.82. The van der Waals surface area contributed by atoms with Crippen molar-refractivity contribution in [1.29, 1.82) is 0 Å². The number of anilines is 1. The van der Waals surface area contributed by atoms with E-state index in [1.54, 1.807) is 0 Å². The quantitative estimate of drug-likeness (QED) is 0.860. The van der Waals surface area contributed by atoms with Gasteiger partial charge in [-0.25, -0.2) is 0 Å². The molecule has 1 fully saturated rings. The summed E-state index contributed by atoms with van der Waals surface area (Å²) in [5.41, 5.74) is 2.46. The van der Waals surface area contributed by atoms with Crippen LogP contribution in [0.5, 0.6) is 0 Å². The number of rotatable bonds is 5. The average Bonchev–Trinajstić information content (AvgIpc) is 2.88. The first kappa shape index (κ1) is 15.7. The summed E-state index contributed by atoms with van der Waals surface area (Å²) in [6, 6.07) is 6.87. The van der Waals surface area contributed by atoms with Gasteiger partial charge in [0.15, 0.2) is 0 Å². The minimum absolute atomic E-state index is 0.355. The highest BCUT2D eigenvalue weighted by atomic mass is 35.5. The molecule has 0 spiro atoms. The molecule has 1 aliphatic heterocycles. The minimum atomic E-state index is 0.355. The zero-order valence-corrected chi connectivity index (χ0v) is 13.9. The van der Waals surface area contributed by atoms with Gasteiger partial charge in [-0.1, -0.05) is 38.4 Å². The molecule has 0 amide bonds. The van der Waals surface area contributed by atoms with Gasteiger partial charge >= 0.3 is 0 Å². The van der Waals surface area contributed by atoms with Crippen LogP contribution >= 0.6 is 11.6 Å². The number of benzene rings is 1. The number of nitrogens with zero attached hydrogens (tertiary/aromatic N) is 1. The van der Waals surface area contributed by atoms with E-state index in [0.717, 1.165) is 36.5 Å². The van der Waals surface area contributed by atoms with Crippen LogP contribution in [0.1, 0.15) is 45.7 Å². The van der Waals surface area contributed by atoms with E-state index in [0.29, 0.717) is 6.04 Å². The predicted molar refractivity (Wildman–Crippen MR) is 88.7 cm³/mol. The lowest BCUT2D eigenvalue weighted by molar-refractivity contribution is 0.423. The molecule has 1 aromatic rings. The van der Waals surface area contributed by atoms with E-state index in [9.17, 15) is 0 Å². The third-order valence-corrected chi connectivity index (χ3v) is 4.79. The first-order chi connectivity index (χ1) is 9.52. The van der Waals surface area contributed by atoms with E-state index in [2.05, 4.69) is 56.1 Å². The molecule has 1 saturated heterocycles. The molecular formula is C17H27ClN2. The monoisotopic (exact) mass is 294 g/mol. The Hall–Kier alpha value is -0.730. The van der Waals surface area contributed by atoms with Crippen molar-refractivity contribution in [3.63, 3.8) is 0 Å². The van der Waals surface area contributed by atoms with Gasteiger partial charge in [0.2, 0.25) is 0 Å². The molecule has 3 heteroatoms. The van der Waals surface area contributed by atoms with Crippen LogP contribution in [0.2, 0.25) is 5.02 Å². The van der Waals surface area contributed by atoms with E-state index in [-0.39, 0.29) is 0 Å². The number of halogens is 1. The Labute approximate surface area is 128 Å². The van der Waals surface area contributed by atoms with Crippen LogP contribution in [0.4, 0.5) is 5.69 Å². The standard InChI is InChI=1S/C17H27ClN2/c1-5-19-13(4)14-6-7-17(16(18)10-14)20-9-8-15(11-20)12(2)3/h6-7,10,12-13,15,19H,5,8-9,11H2,1-4H3. The van der Waals surface area contributed by atoms with E-state index in [1.165, 1.54) is 17.7 Å². The van der Waals surface area contributed by atoms with Crippen molar-refractivity contribution in [3.8, 4) is 0 Å². The zero-order valence-electron chi connectivity index (χ0n) is 13.1. The molecule has 0 saturated carbocycles. The fourth-order valence-electron chi connectivity index (χ4n) is 3.02. The Bertz CT molecular complexity index is 445. The summed E-state index contributed by atoms with van der Waals surface area (Å²) in [6.45, 7) is 12.2. The van der Waals surface area contributed by atoms with Crippen molar-refractivity contribution in [3.05, 3.63) is 28.8 Å². The van der Waals surface area contributed by atoms with Crippen LogP contribution in [-0.4, -0.2) is 19.6 Å². The molecule has 1 heterocycles. The molecule has 1 aromatic carbocycles. The molecule has 0 bridgehead atoms. The van der Waals surface area contributed by atoms with Crippen LogP contribution in [0.3, 0.4) is 0 Å². The SMILES string of the molecule is CCNC(C)c1ccc(N2CCC(C(C)C)C2)c(Cl)c1. The van der Waals surface area contributed by atoms with Crippen LogP contribution in [0.15, 0.2) is 18.2 Å². The van der Waals surface area contributed by atoms with Crippen molar-refractivity contribution >= 4 is 17.3 Å². The largest absolute Gasteiger partial charge is 0.370 e. The average molecular weight is 295 g/mol. The lowest BCUT2D eigenvalue weighted by atomic mass is 9.95. The molecule has 0 aromatic heterocycles. The Balaban J connectivity index is 2.10. The Morgan fingerprint density at radius 3 is 2.65 bits per heavy atom. The Morgan fingerprint density at radius 2 is 2.10 bits per heavy atom. The van der Waals surface area contributed by atoms with Crippen LogP contribution < -0.4 is 10.2 Å². The molecule has 1 N–H and O–H groups in total. The number of hydrogen-bond acceptors (Lipinski definition) is 2. The highest BCUT2D eigenvalue weighted by molar-refractivity contribution is 6.33. The van der Waals surface area contributed by atoms with Crippen molar-refractivity contribution in [2.75, 3.05) is 24.5 Å². The lowest BCUT2D eigenvalue weighted by Crippen LogP contribution is -2.22. The third kappa shape index (κ3) is 3.48. The van der Waals surface area contributed by atoms with Gasteiger partial charge in [-0.2, -0.15) is 0 Å². The first-order valence-corrected chi connectivity index (χ1v) is 8.18. The van der Waals surface area contributed by atoms with Crippen molar-refractivity contribution in [2.45, 2.75) is 40.2 Å². The summed E-state index contributed by atoms with van der Waals surface area (Å²) in [6.07, 6.45) is 1.28. The van der Waals surface area contributed by atoms with Gasteiger partial charge < -0.3 is 10.2 Å². The van der Waals surface area contributed by atoms with Gasteiger partial charge in [0.05, 0.1) is 10.7 Å². The van der Waals surface area contributed by atoms with E-state index in [1.807, 2.05) is 0 Å². The normalized spacial score (nSPS) is 20.7. The molecule has 20 heavy (non-hydrogen) atoms. The molecule has 2 atom stereocenters. The van der Waals surface area contributed by atoms with Gasteiger partial charge in [0.25, 0.3) is 0 Å². The summed E-state index contributed by atoms with van der Waals surface area (Å²) in [5, 5.41) is 4.31. The smallest absolute Gasteiger partial charge is 0.0642 e. The zero-order chi connectivity index (χ0) is 14.7. The van der Waals surface area contributed by atoms with Gasteiger partial charge in [0.1, 0.15) is 0 Å². The number of nitrogens with one attached hydrogen (secondary N) is 1. The lowest BCUT2D eigenvalue weighted by Gasteiger charge is -2.22. The van der Waals surface area contributed by atoms with E-state index in [4.69, 9.17) is 11.6 Å². The highest BCUT2D eigenvalue weighted by Crippen LogP contribution is 2.34.